The highest BCUT2D eigenvalue weighted by Gasteiger charge is 2.28. The number of carbonyl (C=O) groups is 1. The number of hydrogen-bond donors (Lipinski definition) is 2. The summed E-state index contributed by atoms with van der Waals surface area (Å²) in [5, 5.41) is 0. The van der Waals surface area contributed by atoms with Gasteiger partial charge in [-0.1, -0.05) is 20.3 Å². The minimum atomic E-state index is -0.463. The van der Waals surface area contributed by atoms with Crippen molar-refractivity contribution in [1.29, 1.82) is 0 Å². The number of piperidine rings is 1. The van der Waals surface area contributed by atoms with E-state index in [0.717, 1.165) is 18.8 Å². The van der Waals surface area contributed by atoms with Crippen molar-refractivity contribution in [2.45, 2.75) is 33.1 Å². The average Bonchev–Trinajstić information content (AvgIpc) is 2.40. The third-order valence-electron chi connectivity index (χ3n) is 4.49. The summed E-state index contributed by atoms with van der Waals surface area (Å²) in [6.45, 7) is 6.64. The minimum absolute atomic E-state index is 0.418. The van der Waals surface area contributed by atoms with E-state index in [0.29, 0.717) is 16.7 Å². The van der Waals surface area contributed by atoms with Gasteiger partial charge in [0.2, 0.25) is 0 Å². The highest BCUT2D eigenvalue weighted by molar-refractivity contribution is 5.99. The second-order valence-electron chi connectivity index (χ2n) is 5.79. The van der Waals surface area contributed by atoms with Gasteiger partial charge in [-0.25, -0.2) is 0 Å². The van der Waals surface area contributed by atoms with Crippen LogP contribution in [0.4, 0.5) is 11.4 Å². The van der Waals surface area contributed by atoms with Crippen molar-refractivity contribution in [2.75, 3.05) is 23.7 Å². The van der Waals surface area contributed by atoms with Gasteiger partial charge in [0, 0.05) is 24.5 Å². The van der Waals surface area contributed by atoms with Crippen molar-refractivity contribution >= 4 is 17.3 Å². The Balaban J connectivity index is 2.16. The van der Waals surface area contributed by atoms with Crippen molar-refractivity contribution in [3.05, 3.63) is 23.8 Å². The van der Waals surface area contributed by atoms with Gasteiger partial charge >= 0.3 is 0 Å². The van der Waals surface area contributed by atoms with Crippen LogP contribution in [0.3, 0.4) is 0 Å². The number of hydrogen-bond acceptors (Lipinski definition) is 3. The predicted molar refractivity (Wildman–Crippen MR) is 79.2 cm³/mol. The van der Waals surface area contributed by atoms with Crippen LogP contribution < -0.4 is 16.4 Å². The minimum Gasteiger partial charge on any atom is -0.398 e. The fourth-order valence-corrected chi connectivity index (χ4v) is 2.61. The highest BCUT2D eigenvalue weighted by atomic mass is 16.1. The fraction of sp³-hybridized carbons (Fsp3) is 0.533. The Hall–Kier alpha value is -1.71. The number of nitrogens with two attached hydrogens (primary N) is 2. The van der Waals surface area contributed by atoms with Crippen molar-refractivity contribution in [1.82, 2.24) is 0 Å². The third-order valence-corrected chi connectivity index (χ3v) is 4.49. The molecule has 1 amide bonds. The van der Waals surface area contributed by atoms with Gasteiger partial charge in [-0.3, -0.25) is 4.79 Å². The summed E-state index contributed by atoms with van der Waals surface area (Å²) in [7, 11) is 0. The number of rotatable bonds is 3. The standard InChI is InChI=1S/C15H23N3O/c1-3-15(2)6-8-18(9-7-15)11-4-5-13(16)12(10-11)14(17)19/h4-5,10H,3,6-9,16H2,1-2H3,(H2,17,19). The Morgan fingerprint density at radius 2 is 2.00 bits per heavy atom. The molecule has 1 aliphatic heterocycles. The lowest BCUT2D eigenvalue weighted by Gasteiger charge is -2.40. The van der Waals surface area contributed by atoms with Crippen LogP contribution in [-0.4, -0.2) is 19.0 Å². The summed E-state index contributed by atoms with van der Waals surface area (Å²) in [5.74, 6) is -0.463. The van der Waals surface area contributed by atoms with Gasteiger partial charge in [-0.15, -0.1) is 0 Å². The molecule has 1 aromatic rings. The van der Waals surface area contributed by atoms with Crippen LogP contribution in [-0.2, 0) is 0 Å². The molecule has 0 unspecified atom stereocenters. The molecule has 0 atom stereocenters. The monoisotopic (exact) mass is 261 g/mol. The van der Waals surface area contributed by atoms with E-state index in [2.05, 4.69) is 18.7 Å². The van der Waals surface area contributed by atoms with Gasteiger partial charge in [0.05, 0.1) is 5.56 Å². The quantitative estimate of drug-likeness (QED) is 0.820. The van der Waals surface area contributed by atoms with Gasteiger partial charge < -0.3 is 16.4 Å². The first-order valence-electron chi connectivity index (χ1n) is 6.89. The van der Waals surface area contributed by atoms with Gasteiger partial charge in [0.25, 0.3) is 5.91 Å². The number of benzene rings is 1. The molecule has 1 heterocycles. The topological polar surface area (TPSA) is 72.3 Å². The zero-order chi connectivity index (χ0) is 14.0. The molecule has 104 valence electrons. The first kappa shape index (κ1) is 13.7. The Bertz CT molecular complexity index is 476. The van der Waals surface area contributed by atoms with Crippen molar-refractivity contribution < 1.29 is 4.79 Å². The molecule has 1 saturated heterocycles. The molecule has 1 fully saturated rings. The summed E-state index contributed by atoms with van der Waals surface area (Å²) in [6.07, 6.45) is 3.58. The molecule has 4 nitrogen and oxygen atoms in total. The summed E-state index contributed by atoms with van der Waals surface area (Å²) in [5.41, 5.74) is 13.5. The molecular formula is C15H23N3O. The smallest absolute Gasteiger partial charge is 0.250 e. The van der Waals surface area contributed by atoms with E-state index in [1.165, 1.54) is 19.3 Å². The zero-order valence-corrected chi connectivity index (χ0v) is 11.8. The molecule has 0 bridgehead atoms. The Morgan fingerprint density at radius 3 is 2.53 bits per heavy atom. The molecule has 1 aliphatic rings. The molecule has 19 heavy (non-hydrogen) atoms. The first-order valence-corrected chi connectivity index (χ1v) is 6.89. The molecule has 0 aliphatic carbocycles. The number of carbonyl (C=O) groups excluding carboxylic acids is 1. The lowest BCUT2D eigenvalue weighted by Crippen LogP contribution is -2.38. The van der Waals surface area contributed by atoms with Crippen LogP contribution >= 0.6 is 0 Å². The third kappa shape index (κ3) is 2.83. The maximum atomic E-state index is 11.3. The van der Waals surface area contributed by atoms with Gasteiger partial charge in [-0.05, 0) is 36.5 Å². The van der Waals surface area contributed by atoms with Gasteiger partial charge in [0.1, 0.15) is 0 Å². The van der Waals surface area contributed by atoms with Crippen LogP contribution in [0.15, 0.2) is 18.2 Å². The lowest BCUT2D eigenvalue weighted by atomic mass is 9.78. The summed E-state index contributed by atoms with van der Waals surface area (Å²) >= 11 is 0. The van der Waals surface area contributed by atoms with Crippen LogP contribution in [0.25, 0.3) is 0 Å². The zero-order valence-electron chi connectivity index (χ0n) is 11.8. The maximum absolute atomic E-state index is 11.3. The largest absolute Gasteiger partial charge is 0.398 e. The molecule has 0 radical (unpaired) electrons. The molecule has 0 saturated carbocycles. The molecular weight excluding hydrogens is 238 g/mol. The number of anilines is 2. The number of nitrogen functional groups attached to an aromatic ring is 1. The van der Waals surface area contributed by atoms with Crippen LogP contribution in [0.1, 0.15) is 43.5 Å². The van der Waals surface area contributed by atoms with Crippen LogP contribution in [0, 0.1) is 5.41 Å². The van der Waals surface area contributed by atoms with E-state index in [9.17, 15) is 4.79 Å². The molecule has 2 rings (SSSR count). The second-order valence-corrected chi connectivity index (χ2v) is 5.79. The Kier molecular flexibility index (Phi) is 3.69. The van der Waals surface area contributed by atoms with E-state index in [-0.39, 0.29) is 0 Å². The first-order chi connectivity index (χ1) is 8.95. The average molecular weight is 261 g/mol. The number of primary amides is 1. The maximum Gasteiger partial charge on any atom is 0.250 e. The predicted octanol–water partition coefficient (Wildman–Crippen LogP) is 2.38. The summed E-state index contributed by atoms with van der Waals surface area (Å²) in [6, 6.07) is 5.55. The van der Waals surface area contributed by atoms with Crippen LogP contribution in [0.2, 0.25) is 0 Å². The fourth-order valence-electron chi connectivity index (χ4n) is 2.61. The van der Waals surface area contributed by atoms with Crippen LogP contribution in [0.5, 0.6) is 0 Å². The normalized spacial score (nSPS) is 18.3. The van der Waals surface area contributed by atoms with E-state index in [1.807, 2.05) is 12.1 Å². The van der Waals surface area contributed by atoms with E-state index in [1.54, 1.807) is 6.07 Å². The van der Waals surface area contributed by atoms with Crippen molar-refractivity contribution in [3.8, 4) is 0 Å². The van der Waals surface area contributed by atoms with Gasteiger partial charge in [-0.2, -0.15) is 0 Å². The molecule has 4 N–H and O–H groups in total. The van der Waals surface area contributed by atoms with Crippen molar-refractivity contribution in [2.24, 2.45) is 11.1 Å². The van der Waals surface area contributed by atoms with Gasteiger partial charge in [0.15, 0.2) is 0 Å². The van der Waals surface area contributed by atoms with Crippen molar-refractivity contribution in [3.63, 3.8) is 0 Å². The molecule has 1 aromatic carbocycles. The molecule has 0 aromatic heterocycles. The van der Waals surface area contributed by atoms with E-state index >= 15 is 0 Å². The van der Waals surface area contributed by atoms with E-state index in [4.69, 9.17) is 11.5 Å². The Labute approximate surface area is 114 Å². The Morgan fingerprint density at radius 1 is 1.37 bits per heavy atom. The second kappa shape index (κ2) is 5.11. The number of nitrogens with zero attached hydrogens (tertiary/aromatic N) is 1. The molecule has 4 heteroatoms. The van der Waals surface area contributed by atoms with E-state index < -0.39 is 5.91 Å². The molecule has 0 spiro atoms. The number of amides is 1. The summed E-state index contributed by atoms with van der Waals surface area (Å²) in [4.78, 5) is 13.6. The SMILES string of the molecule is CCC1(C)CCN(c2ccc(N)c(C(N)=O)c2)CC1. The lowest BCUT2D eigenvalue weighted by molar-refractivity contribution is 0.100. The summed E-state index contributed by atoms with van der Waals surface area (Å²) < 4.78 is 0. The highest BCUT2D eigenvalue weighted by Crippen LogP contribution is 2.36.